The Hall–Kier alpha value is -2.69. The van der Waals surface area contributed by atoms with Gasteiger partial charge in [-0.05, 0) is 51.0 Å². The van der Waals surface area contributed by atoms with E-state index in [0.29, 0.717) is 6.54 Å². The van der Waals surface area contributed by atoms with Crippen molar-refractivity contribution in [2.75, 3.05) is 6.54 Å². The van der Waals surface area contributed by atoms with Crippen molar-refractivity contribution in [2.45, 2.75) is 46.7 Å². The van der Waals surface area contributed by atoms with E-state index in [1.165, 1.54) is 12.1 Å². The summed E-state index contributed by atoms with van der Waals surface area (Å²) >= 11 is 0. The number of aryl methyl sites for hydroxylation is 2. The molecule has 1 atom stereocenters. The van der Waals surface area contributed by atoms with E-state index < -0.39 is 6.04 Å². The molecule has 0 fully saturated rings. The molecule has 0 bridgehead atoms. The Labute approximate surface area is 160 Å². The molecule has 2 rings (SSSR count). The predicted octanol–water partition coefficient (Wildman–Crippen LogP) is 3.54. The Morgan fingerprint density at radius 1 is 1.04 bits per heavy atom. The van der Waals surface area contributed by atoms with Gasteiger partial charge in [0.15, 0.2) is 0 Å². The van der Waals surface area contributed by atoms with Crippen molar-refractivity contribution in [2.24, 2.45) is 0 Å². The maximum absolute atomic E-state index is 13.2. The summed E-state index contributed by atoms with van der Waals surface area (Å²) in [6, 6.07) is 11.4. The second-order valence-corrected chi connectivity index (χ2v) is 6.89. The van der Waals surface area contributed by atoms with Crippen LogP contribution in [-0.2, 0) is 22.6 Å². The molecule has 0 spiro atoms. The number of carbonyl (C=O) groups is 2. The molecule has 0 saturated heterocycles. The average molecular weight is 370 g/mol. The lowest BCUT2D eigenvalue weighted by atomic mass is 10.0. The van der Waals surface area contributed by atoms with Crippen LogP contribution in [0.4, 0.5) is 4.39 Å². The van der Waals surface area contributed by atoms with Gasteiger partial charge in [0.2, 0.25) is 11.8 Å². The summed E-state index contributed by atoms with van der Waals surface area (Å²) in [4.78, 5) is 26.9. The van der Waals surface area contributed by atoms with Crippen LogP contribution in [0.15, 0.2) is 42.5 Å². The zero-order chi connectivity index (χ0) is 20.0. The monoisotopic (exact) mass is 370 g/mol. The number of halogens is 1. The molecule has 0 aliphatic rings. The molecule has 1 N–H and O–H groups in total. The van der Waals surface area contributed by atoms with Gasteiger partial charge in [0, 0.05) is 13.1 Å². The van der Waals surface area contributed by atoms with Crippen molar-refractivity contribution in [3.05, 3.63) is 70.5 Å². The third-order valence-electron chi connectivity index (χ3n) is 4.42. The molecule has 2 amide bonds. The minimum atomic E-state index is -0.617. The third-order valence-corrected chi connectivity index (χ3v) is 4.42. The Balaban J connectivity index is 2.24. The zero-order valence-electron chi connectivity index (χ0n) is 16.4. The number of hydrogen-bond donors (Lipinski definition) is 1. The summed E-state index contributed by atoms with van der Waals surface area (Å²) in [6.45, 7) is 8.30. The maximum Gasteiger partial charge on any atom is 0.242 e. The van der Waals surface area contributed by atoms with Gasteiger partial charge < -0.3 is 10.2 Å². The fraction of sp³-hybridized carbons (Fsp3) is 0.364. The topological polar surface area (TPSA) is 49.4 Å². The largest absolute Gasteiger partial charge is 0.355 e. The van der Waals surface area contributed by atoms with E-state index in [-0.39, 0.29) is 30.6 Å². The lowest BCUT2D eigenvalue weighted by Gasteiger charge is -2.29. The van der Waals surface area contributed by atoms with Gasteiger partial charge in [-0.25, -0.2) is 4.39 Å². The lowest BCUT2D eigenvalue weighted by molar-refractivity contribution is -0.140. The number of likely N-dealkylation sites (N-methyl/N-ethyl adjacent to an activating group) is 1. The van der Waals surface area contributed by atoms with E-state index in [0.717, 1.165) is 22.3 Å². The molecule has 0 saturated carbocycles. The van der Waals surface area contributed by atoms with Crippen LogP contribution in [0.1, 0.15) is 36.1 Å². The number of hydrogen-bond acceptors (Lipinski definition) is 2. The SMILES string of the molecule is CCNC(=O)C(C)N(Cc1ccc(F)cc1)C(=O)Cc1cc(C)cc(C)c1. The van der Waals surface area contributed by atoms with Gasteiger partial charge in [0.1, 0.15) is 11.9 Å². The number of nitrogens with zero attached hydrogens (tertiary/aromatic N) is 1. The third kappa shape index (κ3) is 5.91. The van der Waals surface area contributed by atoms with Gasteiger partial charge in [0.05, 0.1) is 6.42 Å². The Kier molecular flexibility index (Phi) is 7.11. The zero-order valence-corrected chi connectivity index (χ0v) is 16.4. The highest BCUT2D eigenvalue weighted by atomic mass is 19.1. The van der Waals surface area contributed by atoms with Crippen LogP contribution in [0.3, 0.4) is 0 Å². The molecule has 0 heterocycles. The average Bonchev–Trinajstić information content (AvgIpc) is 2.59. The van der Waals surface area contributed by atoms with Gasteiger partial charge in [0.25, 0.3) is 0 Å². The standard InChI is InChI=1S/C22H27FN2O2/c1-5-24-22(27)17(4)25(14-18-6-8-20(23)9-7-18)21(26)13-19-11-15(2)10-16(3)12-19/h6-12,17H,5,13-14H2,1-4H3,(H,24,27). The first-order valence-electron chi connectivity index (χ1n) is 9.19. The van der Waals surface area contributed by atoms with E-state index in [4.69, 9.17) is 0 Å². The van der Waals surface area contributed by atoms with Gasteiger partial charge in [-0.15, -0.1) is 0 Å². The molecule has 0 aliphatic carbocycles. The molecule has 2 aromatic rings. The van der Waals surface area contributed by atoms with E-state index in [9.17, 15) is 14.0 Å². The minimum Gasteiger partial charge on any atom is -0.355 e. The number of rotatable bonds is 7. The lowest BCUT2D eigenvalue weighted by Crippen LogP contribution is -2.48. The van der Waals surface area contributed by atoms with Crippen molar-refractivity contribution >= 4 is 11.8 Å². The fourth-order valence-corrected chi connectivity index (χ4v) is 3.14. The van der Waals surface area contributed by atoms with E-state index in [2.05, 4.69) is 11.4 Å². The summed E-state index contributed by atoms with van der Waals surface area (Å²) < 4.78 is 13.2. The predicted molar refractivity (Wildman–Crippen MR) is 105 cm³/mol. The molecule has 1 unspecified atom stereocenters. The normalized spacial score (nSPS) is 11.7. The highest BCUT2D eigenvalue weighted by Gasteiger charge is 2.26. The Morgan fingerprint density at radius 2 is 1.63 bits per heavy atom. The van der Waals surface area contributed by atoms with Crippen LogP contribution in [0.2, 0.25) is 0 Å². The van der Waals surface area contributed by atoms with Crippen molar-refractivity contribution in [1.82, 2.24) is 10.2 Å². The molecular weight excluding hydrogens is 343 g/mol. The molecule has 27 heavy (non-hydrogen) atoms. The maximum atomic E-state index is 13.2. The molecule has 0 radical (unpaired) electrons. The summed E-state index contributed by atoms with van der Waals surface area (Å²) in [5, 5.41) is 2.76. The first-order valence-corrected chi connectivity index (χ1v) is 9.19. The van der Waals surface area contributed by atoms with Crippen molar-refractivity contribution in [1.29, 1.82) is 0 Å². The molecule has 5 heteroatoms. The van der Waals surface area contributed by atoms with E-state index in [1.54, 1.807) is 24.0 Å². The van der Waals surface area contributed by atoms with Crippen molar-refractivity contribution in [3.63, 3.8) is 0 Å². The summed E-state index contributed by atoms with van der Waals surface area (Å²) in [7, 11) is 0. The molecule has 0 aliphatic heterocycles. The van der Waals surface area contributed by atoms with Crippen molar-refractivity contribution < 1.29 is 14.0 Å². The number of benzene rings is 2. The second kappa shape index (κ2) is 9.31. The molecule has 144 valence electrons. The molecule has 2 aromatic carbocycles. The Morgan fingerprint density at radius 3 is 2.19 bits per heavy atom. The molecule has 4 nitrogen and oxygen atoms in total. The first kappa shape index (κ1) is 20.6. The second-order valence-electron chi connectivity index (χ2n) is 6.89. The van der Waals surface area contributed by atoms with Gasteiger partial charge in [-0.1, -0.05) is 41.5 Å². The van der Waals surface area contributed by atoms with Gasteiger partial charge in [-0.3, -0.25) is 9.59 Å². The van der Waals surface area contributed by atoms with Crippen LogP contribution in [0.5, 0.6) is 0 Å². The summed E-state index contributed by atoms with van der Waals surface area (Å²) in [5.74, 6) is -0.667. The summed E-state index contributed by atoms with van der Waals surface area (Å²) in [5.41, 5.74) is 3.89. The van der Waals surface area contributed by atoms with E-state index >= 15 is 0 Å². The Bertz CT molecular complexity index is 782. The quantitative estimate of drug-likeness (QED) is 0.810. The summed E-state index contributed by atoms with van der Waals surface area (Å²) in [6.07, 6.45) is 0.216. The van der Waals surface area contributed by atoms with Crippen molar-refractivity contribution in [3.8, 4) is 0 Å². The van der Waals surface area contributed by atoms with E-state index in [1.807, 2.05) is 32.9 Å². The minimum absolute atomic E-state index is 0.136. The van der Waals surface area contributed by atoms with Gasteiger partial charge in [-0.2, -0.15) is 0 Å². The molecule has 0 aromatic heterocycles. The van der Waals surface area contributed by atoms with Gasteiger partial charge >= 0.3 is 0 Å². The fourth-order valence-electron chi connectivity index (χ4n) is 3.14. The smallest absolute Gasteiger partial charge is 0.242 e. The highest BCUT2D eigenvalue weighted by Crippen LogP contribution is 2.15. The number of amides is 2. The molecular formula is C22H27FN2O2. The highest BCUT2D eigenvalue weighted by molar-refractivity contribution is 5.88. The van der Waals surface area contributed by atoms with Crippen LogP contribution in [-0.4, -0.2) is 29.3 Å². The van der Waals surface area contributed by atoms with Crippen LogP contribution in [0.25, 0.3) is 0 Å². The van der Waals surface area contributed by atoms with Crippen LogP contribution in [0, 0.1) is 19.7 Å². The number of carbonyl (C=O) groups excluding carboxylic acids is 2. The first-order chi connectivity index (χ1) is 12.8. The number of nitrogens with one attached hydrogen (secondary N) is 1. The van der Waals surface area contributed by atoms with Crippen LogP contribution >= 0.6 is 0 Å². The van der Waals surface area contributed by atoms with Crippen LogP contribution < -0.4 is 5.32 Å².